The van der Waals surface area contributed by atoms with Gasteiger partial charge in [0.1, 0.15) is 17.0 Å². The second-order valence-electron chi connectivity index (χ2n) is 3.73. The third kappa shape index (κ3) is 2.16. The zero-order chi connectivity index (χ0) is 11.7. The van der Waals surface area contributed by atoms with Gasteiger partial charge in [-0.2, -0.15) is 0 Å². The third-order valence-corrected chi connectivity index (χ3v) is 4.31. The monoisotopic (exact) mass is 261 g/mol. The molecule has 3 aromatic heterocycles. The van der Waals surface area contributed by atoms with Gasteiger partial charge in [0.25, 0.3) is 0 Å². The number of thiophene rings is 2. The molecule has 0 bridgehead atoms. The number of hydrogen-bond donors (Lipinski definition) is 1. The first-order valence-electron chi connectivity index (χ1n) is 5.30. The highest BCUT2D eigenvalue weighted by molar-refractivity contribution is 7.16. The summed E-state index contributed by atoms with van der Waals surface area (Å²) in [5.41, 5.74) is 0. The number of anilines is 1. The Kier molecular flexibility index (Phi) is 2.78. The molecule has 0 aliphatic heterocycles. The molecule has 0 spiro atoms. The van der Waals surface area contributed by atoms with Crippen LogP contribution in [0.2, 0.25) is 0 Å². The lowest BCUT2D eigenvalue weighted by molar-refractivity contribution is 1.13. The Morgan fingerprint density at radius 2 is 2.18 bits per heavy atom. The van der Waals surface area contributed by atoms with Crippen molar-refractivity contribution in [1.82, 2.24) is 9.97 Å². The SMILES string of the molecule is Cc1ccc(CNc2ncnc3sccc23)s1. The van der Waals surface area contributed by atoms with Crippen LogP contribution in [0.3, 0.4) is 0 Å². The molecule has 3 nitrogen and oxygen atoms in total. The van der Waals surface area contributed by atoms with Gasteiger partial charge in [0.05, 0.1) is 11.9 Å². The molecular weight excluding hydrogens is 250 g/mol. The van der Waals surface area contributed by atoms with E-state index >= 15 is 0 Å². The Morgan fingerprint density at radius 3 is 3.00 bits per heavy atom. The van der Waals surface area contributed by atoms with Gasteiger partial charge in [-0.25, -0.2) is 9.97 Å². The van der Waals surface area contributed by atoms with Crippen molar-refractivity contribution in [1.29, 1.82) is 0 Å². The van der Waals surface area contributed by atoms with Gasteiger partial charge in [0.2, 0.25) is 0 Å². The van der Waals surface area contributed by atoms with E-state index < -0.39 is 0 Å². The standard InChI is InChI=1S/C12H11N3S2/c1-8-2-3-9(17-8)6-13-11-10-4-5-16-12(10)15-7-14-11/h2-5,7H,6H2,1H3,(H,13,14,15). The molecule has 0 saturated heterocycles. The maximum Gasteiger partial charge on any atom is 0.138 e. The number of nitrogens with one attached hydrogen (secondary N) is 1. The van der Waals surface area contributed by atoms with Gasteiger partial charge in [-0.3, -0.25) is 0 Å². The number of fused-ring (bicyclic) bond motifs is 1. The van der Waals surface area contributed by atoms with Gasteiger partial charge in [-0.15, -0.1) is 22.7 Å². The van der Waals surface area contributed by atoms with Crippen LogP contribution in [0, 0.1) is 6.92 Å². The fraction of sp³-hybridized carbons (Fsp3) is 0.167. The maximum atomic E-state index is 4.29. The van der Waals surface area contributed by atoms with Gasteiger partial charge < -0.3 is 5.32 Å². The molecule has 0 saturated carbocycles. The normalized spacial score (nSPS) is 10.9. The van der Waals surface area contributed by atoms with Crippen LogP contribution in [0.25, 0.3) is 10.2 Å². The number of nitrogens with zero attached hydrogens (tertiary/aromatic N) is 2. The van der Waals surface area contributed by atoms with E-state index in [0.29, 0.717) is 0 Å². The lowest BCUT2D eigenvalue weighted by Crippen LogP contribution is -2.00. The van der Waals surface area contributed by atoms with E-state index in [-0.39, 0.29) is 0 Å². The molecule has 0 unspecified atom stereocenters. The van der Waals surface area contributed by atoms with Crippen LogP contribution in [0.1, 0.15) is 9.75 Å². The van der Waals surface area contributed by atoms with Crippen LogP contribution in [0.4, 0.5) is 5.82 Å². The summed E-state index contributed by atoms with van der Waals surface area (Å²) in [6.07, 6.45) is 1.61. The van der Waals surface area contributed by atoms with Crippen LogP contribution < -0.4 is 5.32 Å². The predicted molar refractivity (Wildman–Crippen MR) is 73.8 cm³/mol. The number of aryl methyl sites for hydroxylation is 1. The number of aromatic nitrogens is 2. The molecule has 0 aliphatic carbocycles. The minimum absolute atomic E-state index is 0.820. The summed E-state index contributed by atoms with van der Waals surface area (Å²) in [5.74, 6) is 0.919. The zero-order valence-corrected chi connectivity index (χ0v) is 10.9. The summed E-state index contributed by atoms with van der Waals surface area (Å²) in [6, 6.07) is 6.35. The fourth-order valence-corrected chi connectivity index (χ4v) is 3.24. The smallest absolute Gasteiger partial charge is 0.138 e. The molecule has 3 aromatic rings. The van der Waals surface area contributed by atoms with E-state index in [9.17, 15) is 0 Å². The van der Waals surface area contributed by atoms with Crippen LogP contribution in [0.15, 0.2) is 29.9 Å². The summed E-state index contributed by atoms with van der Waals surface area (Å²) in [4.78, 5) is 12.2. The highest BCUT2D eigenvalue weighted by Gasteiger charge is 2.04. The summed E-state index contributed by atoms with van der Waals surface area (Å²) < 4.78 is 0. The molecule has 17 heavy (non-hydrogen) atoms. The zero-order valence-electron chi connectivity index (χ0n) is 9.30. The van der Waals surface area contributed by atoms with Gasteiger partial charge >= 0.3 is 0 Å². The second-order valence-corrected chi connectivity index (χ2v) is 5.99. The van der Waals surface area contributed by atoms with E-state index in [1.807, 2.05) is 16.7 Å². The quantitative estimate of drug-likeness (QED) is 0.781. The molecular formula is C12H11N3S2. The van der Waals surface area contributed by atoms with Crippen LogP contribution in [0.5, 0.6) is 0 Å². The lowest BCUT2D eigenvalue weighted by Gasteiger charge is -2.04. The van der Waals surface area contributed by atoms with Crippen LogP contribution in [-0.2, 0) is 6.54 Å². The van der Waals surface area contributed by atoms with E-state index in [2.05, 4.69) is 40.4 Å². The summed E-state index contributed by atoms with van der Waals surface area (Å²) >= 11 is 3.45. The third-order valence-electron chi connectivity index (χ3n) is 2.49. The minimum Gasteiger partial charge on any atom is -0.365 e. The lowest BCUT2D eigenvalue weighted by atomic mass is 10.3. The molecule has 0 radical (unpaired) electrons. The topological polar surface area (TPSA) is 37.8 Å². The minimum atomic E-state index is 0.820. The Hall–Kier alpha value is -1.46. The molecule has 0 atom stereocenters. The molecule has 3 rings (SSSR count). The van der Waals surface area contributed by atoms with Crippen molar-refractivity contribution in [2.24, 2.45) is 0 Å². The summed E-state index contributed by atoms with van der Waals surface area (Å²) in [6.45, 7) is 2.94. The summed E-state index contributed by atoms with van der Waals surface area (Å²) in [5, 5.41) is 6.51. The first kappa shape index (κ1) is 10.7. The fourth-order valence-electron chi connectivity index (χ4n) is 1.68. The number of hydrogen-bond acceptors (Lipinski definition) is 5. The van der Waals surface area contributed by atoms with Crippen molar-refractivity contribution >= 4 is 38.7 Å². The van der Waals surface area contributed by atoms with Gasteiger partial charge in [-0.05, 0) is 30.5 Å². The maximum absolute atomic E-state index is 4.29. The van der Waals surface area contributed by atoms with E-state index in [4.69, 9.17) is 0 Å². The molecule has 3 heterocycles. The first-order valence-corrected chi connectivity index (χ1v) is 7.00. The number of rotatable bonds is 3. The van der Waals surface area contributed by atoms with Crippen molar-refractivity contribution in [3.8, 4) is 0 Å². The van der Waals surface area contributed by atoms with Crippen LogP contribution >= 0.6 is 22.7 Å². The van der Waals surface area contributed by atoms with Gasteiger partial charge in [0.15, 0.2) is 0 Å². The van der Waals surface area contributed by atoms with Crippen LogP contribution in [-0.4, -0.2) is 9.97 Å². The molecule has 1 N–H and O–H groups in total. The Morgan fingerprint density at radius 1 is 1.24 bits per heavy atom. The Labute approximate surface area is 107 Å². The Bertz CT molecular complexity index is 642. The highest BCUT2D eigenvalue weighted by atomic mass is 32.1. The van der Waals surface area contributed by atoms with Crippen molar-refractivity contribution in [3.05, 3.63) is 39.7 Å². The van der Waals surface area contributed by atoms with Crippen molar-refractivity contribution in [2.45, 2.75) is 13.5 Å². The van der Waals surface area contributed by atoms with Crippen molar-refractivity contribution < 1.29 is 0 Å². The largest absolute Gasteiger partial charge is 0.365 e. The highest BCUT2D eigenvalue weighted by Crippen LogP contribution is 2.24. The van der Waals surface area contributed by atoms with Gasteiger partial charge in [-0.1, -0.05) is 0 Å². The molecule has 0 amide bonds. The van der Waals surface area contributed by atoms with Crippen molar-refractivity contribution in [3.63, 3.8) is 0 Å². The summed E-state index contributed by atoms with van der Waals surface area (Å²) in [7, 11) is 0. The van der Waals surface area contributed by atoms with E-state index in [1.165, 1.54) is 9.75 Å². The second kappa shape index (κ2) is 4.43. The van der Waals surface area contributed by atoms with E-state index in [0.717, 1.165) is 22.6 Å². The predicted octanol–water partition coefficient (Wildman–Crippen LogP) is 3.67. The first-order chi connectivity index (χ1) is 8.33. The van der Waals surface area contributed by atoms with E-state index in [1.54, 1.807) is 17.7 Å². The molecule has 0 aliphatic rings. The average Bonchev–Trinajstić information content (AvgIpc) is 2.94. The van der Waals surface area contributed by atoms with Crippen molar-refractivity contribution in [2.75, 3.05) is 5.32 Å². The Balaban J connectivity index is 1.83. The molecule has 0 aromatic carbocycles. The molecule has 0 fully saturated rings. The molecule has 86 valence electrons. The van der Waals surface area contributed by atoms with Gasteiger partial charge in [0, 0.05) is 9.75 Å². The molecule has 5 heteroatoms. The average molecular weight is 261 g/mol.